The molecule has 0 aliphatic carbocycles. The molecule has 0 aromatic heterocycles. The van der Waals surface area contributed by atoms with E-state index >= 15 is 0 Å². The van der Waals surface area contributed by atoms with Crippen molar-refractivity contribution in [1.82, 2.24) is 0 Å². The van der Waals surface area contributed by atoms with Crippen molar-refractivity contribution in [2.45, 2.75) is 6.10 Å². The van der Waals surface area contributed by atoms with Crippen molar-refractivity contribution < 1.29 is 9.53 Å². The van der Waals surface area contributed by atoms with Crippen LogP contribution in [0.25, 0.3) is 0 Å². The molecule has 0 bridgehead atoms. The Morgan fingerprint density at radius 3 is 3.09 bits per heavy atom. The van der Waals surface area contributed by atoms with E-state index in [1.54, 1.807) is 18.4 Å². The van der Waals surface area contributed by atoms with Crippen LogP contribution in [0.5, 0.6) is 0 Å². The molecule has 58 valence electrons. The lowest BCUT2D eigenvalue weighted by molar-refractivity contribution is -0.123. The molecule has 0 saturated carbocycles. The van der Waals surface area contributed by atoms with Crippen LogP contribution < -0.4 is 5.73 Å². The van der Waals surface area contributed by atoms with Gasteiger partial charge in [-0.2, -0.15) is 0 Å². The van der Waals surface area contributed by atoms with Crippen molar-refractivity contribution in [2.75, 3.05) is 0 Å². The molecule has 1 heterocycles. The van der Waals surface area contributed by atoms with Crippen LogP contribution >= 0.6 is 0 Å². The summed E-state index contributed by atoms with van der Waals surface area (Å²) in [7, 11) is 0. The molecule has 1 aliphatic rings. The fourth-order valence-electron chi connectivity index (χ4n) is 0.578. The van der Waals surface area contributed by atoms with Crippen LogP contribution in [0.2, 0.25) is 0 Å². The van der Waals surface area contributed by atoms with E-state index < -0.39 is 12.0 Å². The van der Waals surface area contributed by atoms with Crippen molar-refractivity contribution in [2.24, 2.45) is 10.7 Å². The first kappa shape index (κ1) is 7.53. The number of carbonyl (C=O) groups is 1. The third-order valence-electron chi connectivity index (χ3n) is 1.09. The number of hydrogen-bond acceptors (Lipinski definition) is 3. The zero-order valence-electron chi connectivity index (χ0n) is 5.81. The van der Waals surface area contributed by atoms with Gasteiger partial charge in [0.1, 0.15) is 0 Å². The first-order chi connectivity index (χ1) is 5.30. The number of aliphatic imine (C=N–C) groups is 1. The van der Waals surface area contributed by atoms with Gasteiger partial charge >= 0.3 is 0 Å². The average Bonchev–Trinajstić information content (AvgIpc) is 1.84. The van der Waals surface area contributed by atoms with Gasteiger partial charge in [0, 0.05) is 6.20 Å². The Bertz CT molecular complexity index is 231. The van der Waals surface area contributed by atoms with E-state index in [4.69, 9.17) is 10.5 Å². The summed E-state index contributed by atoms with van der Waals surface area (Å²) in [4.78, 5) is 14.3. The number of allylic oxidation sites excluding steroid dienone is 2. The quantitative estimate of drug-likeness (QED) is 0.573. The lowest BCUT2D eigenvalue weighted by Gasteiger charge is -2.06. The molecule has 0 aromatic rings. The summed E-state index contributed by atoms with van der Waals surface area (Å²) >= 11 is 0. The zero-order valence-corrected chi connectivity index (χ0v) is 5.81. The summed E-state index contributed by atoms with van der Waals surface area (Å²) < 4.78 is 4.89. The molecular weight excluding hydrogens is 144 g/mol. The molecule has 0 aromatic carbocycles. The molecule has 0 radical (unpaired) electrons. The second-order valence-electron chi connectivity index (χ2n) is 1.93. The van der Waals surface area contributed by atoms with E-state index in [2.05, 4.69) is 4.99 Å². The Morgan fingerprint density at radius 2 is 2.36 bits per heavy atom. The van der Waals surface area contributed by atoms with Gasteiger partial charge in [0.15, 0.2) is 0 Å². The van der Waals surface area contributed by atoms with Crippen molar-refractivity contribution in [3.05, 3.63) is 24.6 Å². The Morgan fingerprint density at radius 1 is 1.55 bits per heavy atom. The summed E-state index contributed by atoms with van der Waals surface area (Å²) in [6.07, 6.45) is 6.87. The predicted octanol–water partition coefficient (Wildman–Crippen LogP) is -0.0313. The number of ether oxygens (including phenoxy) is 1. The number of hydrogen-bond donors (Lipinski definition) is 1. The molecule has 2 N–H and O–H groups in total. The SMILES string of the molecule is NC(=O)C1C=N/C=C\C=C/O1. The normalized spacial score (nSPS) is 27.8. The van der Waals surface area contributed by atoms with Crippen LogP contribution in [0.15, 0.2) is 29.6 Å². The van der Waals surface area contributed by atoms with E-state index in [1.807, 2.05) is 0 Å². The second kappa shape index (κ2) is 3.55. The maximum atomic E-state index is 10.6. The van der Waals surface area contributed by atoms with E-state index in [0.717, 1.165) is 0 Å². The highest BCUT2D eigenvalue weighted by molar-refractivity contribution is 5.95. The van der Waals surface area contributed by atoms with Gasteiger partial charge in [-0.05, 0) is 12.2 Å². The van der Waals surface area contributed by atoms with E-state index in [0.29, 0.717) is 0 Å². The molecule has 0 saturated heterocycles. The summed E-state index contributed by atoms with van der Waals surface area (Å²) in [5, 5.41) is 0. The fourth-order valence-corrected chi connectivity index (χ4v) is 0.578. The number of carbonyl (C=O) groups excluding carboxylic acids is 1. The maximum absolute atomic E-state index is 10.6. The van der Waals surface area contributed by atoms with E-state index in [-0.39, 0.29) is 0 Å². The molecular formula is C7H8N2O2. The number of nitrogens with two attached hydrogens (primary N) is 1. The first-order valence-electron chi connectivity index (χ1n) is 3.10. The van der Waals surface area contributed by atoms with Gasteiger partial charge in [0.05, 0.1) is 12.5 Å². The van der Waals surface area contributed by atoms with E-state index in [1.165, 1.54) is 12.5 Å². The molecule has 1 atom stereocenters. The van der Waals surface area contributed by atoms with Crippen LogP contribution in [-0.4, -0.2) is 18.2 Å². The highest BCUT2D eigenvalue weighted by atomic mass is 16.5. The molecule has 0 spiro atoms. The molecule has 11 heavy (non-hydrogen) atoms. The smallest absolute Gasteiger partial charge is 0.264 e. The Kier molecular flexibility index (Phi) is 2.43. The van der Waals surface area contributed by atoms with E-state index in [9.17, 15) is 4.79 Å². The van der Waals surface area contributed by atoms with Crippen molar-refractivity contribution in [3.63, 3.8) is 0 Å². The summed E-state index contributed by atoms with van der Waals surface area (Å²) in [5.41, 5.74) is 4.97. The zero-order chi connectivity index (χ0) is 8.10. The number of nitrogens with zero attached hydrogens (tertiary/aromatic N) is 1. The summed E-state index contributed by atoms with van der Waals surface area (Å²) in [6, 6.07) is 0. The Balaban J connectivity index is 2.68. The second-order valence-corrected chi connectivity index (χ2v) is 1.93. The minimum absolute atomic E-state index is 0.547. The lowest BCUT2D eigenvalue weighted by Crippen LogP contribution is -2.31. The standard InChI is InChI=1S/C7H8N2O2/c8-7(10)6-5-9-3-1-2-4-11-6/h1-6H,(H2,8,10)/b3-1-,4-2-,9-5?. The molecule has 1 amide bonds. The Labute approximate surface area is 64.1 Å². The van der Waals surface area contributed by atoms with Crippen LogP contribution in [0.4, 0.5) is 0 Å². The van der Waals surface area contributed by atoms with Crippen LogP contribution in [0.1, 0.15) is 0 Å². The van der Waals surface area contributed by atoms with Gasteiger partial charge in [-0.15, -0.1) is 0 Å². The van der Waals surface area contributed by atoms with Gasteiger partial charge in [-0.3, -0.25) is 9.79 Å². The highest BCUT2D eigenvalue weighted by Gasteiger charge is 2.11. The molecule has 1 unspecified atom stereocenters. The van der Waals surface area contributed by atoms with Crippen molar-refractivity contribution in [1.29, 1.82) is 0 Å². The average molecular weight is 152 g/mol. The van der Waals surface area contributed by atoms with Gasteiger partial charge in [-0.1, -0.05) is 0 Å². The maximum Gasteiger partial charge on any atom is 0.264 e. The number of primary amides is 1. The predicted molar refractivity (Wildman–Crippen MR) is 40.8 cm³/mol. The number of amides is 1. The van der Waals surface area contributed by atoms with Crippen molar-refractivity contribution in [3.8, 4) is 0 Å². The highest BCUT2D eigenvalue weighted by Crippen LogP contribution is 1.93. The van der Waals surface area contributed by atoms with Crippen LogP contribution in [-0.2, 0) is 9.53 Å². The molecule has 0 fully saturated rings. The lowest BCUT2D eigenvalue weighted by atomic mass is 10.3. The summed E-state index contributed by atoms with van der Waals surface area (Å²) in [6.45, 7) is 0. The minimum Gasteiger partial charge on any atom is -0.482 e. The third-order valence-corrected chi connectivity index (χ3v) is 1.09. The minimum atomic E-state index is -0.754. The molecule has 1 rings (SSSR count). The van der Waals surface area contributed by atoms with Gasteiger partial charge in [0.2, 0.25) is 6.10 Å². The molecule has 4 nitrogen and oxygen atoms in total. The van der Waals surface area contributed by atoms with Crippen LogP contribution in [0.3, 0.4) is 0 Å². The topological polar surface area (TPSA) is 64.7 Å². The fraction of sp³-hybridized carbons (Fsp3) is 0.143. The van der Waals surface area contributed by atoms with Crippen LogP contribution in [0, 0.1) is 0 Å². The van der Waals surface area contributed by atoms with Gasteiger partial charge in [-0.25, -0.2) is 0 Å². The third kappa shape index (κ3) is 2.25. The summed E-state index contributed by atoms with van der Waals surface area (Å²) in [5.74, 6) is -0.547. The molecule has 4 heteroatoms. The van der Waals surface area contributed by atoms with Gasteiger partial charge < -0.3 is 10.5 Å². The first-order valence-corrected chi connectivity index (χ1v) is 3.10. The Hall–Kier alpha value is -1.58. The molecule has 1 aliphatic heterocycles. The van der Waals surface area contributed by atoms with Gasteiger partial charge in [0.25, 0.3) is 5.91 Å². The van der Waals surface area contributed by atoms with Crippen molar-refractivity contribution >= 4 is 12.1 Å². The number of rotatable bonds is 1. The monoisotopic (exact) mass is 152 g/mol. The largest absolute Gasteiger partial charge is 0.482 e.